The van der Waals surface area contributed by atoms with E-state index in [0.717, 1.165) is 0 Å². The predicted molar refractivity (Wildman–Crippen MR) is 25.9 cm³/mol. The molecule has 0 aliphatic rings. The van der Waals surface area contributed by atoms with Crippen molar-refractivity contribution in [2.24, 2.45) is 0 Å². The minimum Gasteiger partial charge on any atom is -0.239 e. The molecule has 0 atom stereocenters. The third kappa shape index (κ3) is 2.66. The summed E-state index contributed by atoms with van der Waals surface area (Å²) in [6.45, 7) is 0. The first-order valence-electron chi connectivity index (χ1n) is 1.74. The molecule has 1 aromatic heterocycles. The summed E-state index contributed by atoms with van der Waals surface area (Å²) < 4.78 is 0. The van der Waals surface area contributed by atoms with E-state index in [2.05, 4.69) is 16.3 Å². The van der Waals surface area contributed by atoms with Crippen molar-refractivity contribution in [3.8, 4) is 0 Å². The summed E-state index contributed by atoms with van der Waals surface area (Å²) >= 11 is 5.33. The second-order valence-electron chi connectivity index (χ2n) is 0.978. The molecular formula is C4H2ClN2U-. The second-order valence-corrected chi connectivity index (χ2v) is 1.37. The zero-order chi connectivity index (χ0) is 5.11. The Morgan fingerprint density at radius 2 is 2.38 bits per heavy atom. The Balaban J connectivity index is 0.000000490. The van der Waals surface area contributed by atoms with Gasteiger partial charge in [-0.2, -0.15) is 22.8 Å². The molecule has 8 heavy (non-hydrogen) atoms. The third-order valence-corrected chi connectivity index (χ3v) is 0.673. The van der Waals surface area contributed by atoms with E-state index >= 15 is 0 Å². The number of nitrogens with zero attached hydrogens (tertiary/aromatic N) is 2. The van der Waals surface area contributed by atoms with Crippen molar-refractivity contribution in [1.82, 2.24) is 10.2 Å². The van der Waals surface area contributed by atoms with Crippen LogP contribution in [-0.2, 0) is 0 Å². The van der Waals surface area contributed by atoms with E-state index < -0.39 is 0 Å². The van der Waals surface area contributed by atoms with E-state index in [4.69, 9.17) is 11.6 Å². The number of hydrogen-bond acceptors (Lipinski definition) is 2. The SMILES string of the molecule is Clc1c[c-]cnn1.[U]. The normalized spacial score (nSPS) is 7.62. The third-order valence-electron chi connectivity index (χ3n) is 0.488. The van der Waals surface area contributed by atoms with Crippen LogP contribution < -0.4 is 0 Å². The van der Waals surface area contributed by atoms with Gasteiger partial charge in [-0.15, -0.1) is 0 Å². The minimum absolute atomic E-state index is 0. The Morgan fingerprint density at radius 1 is 1.62 bits per heavy atom. The van der Waals surface area contributed by atoms with Gasteiger partial charge in [-0.25, -0.2) is 11.2 Å². The molecule has 0 bridgehead atoms. The smallest absolute Gasteiger partial charge is 0 e. The Kier molecular flexibility index (Phi) is 4.54. The van der Waals surface area contributed by atoms with E-state index in [1.807, 2.05) is 0 Å². The molecule has 2 nitrogen and oxygen atoms in total. The maximum absolute atomic E-state index is 5.33. The molecule has 40 valence electrons. The molecule has 1 aromatic rings. The van der Waals surface area contributed by atoms with Crippen LogP contribution >= 0.6 is 11.6 Å². The Labute approximate surface area is 76.0 Å². The average Bonchev–Trinajstić information content (AvgIpc) is 1.69. The fourth-order valence-electron chi connectivity index (χ4n) is 0.252. The molecule has 0 saturated carbocycles. The van der Waals surface area contributed by atoms with Gasteiger partial charge in [0.05, 0.1) is 0 Å². The molecule has 1 rings (SSSR count). The van der Waals surface area contributed by atoms with Crippen molar-refractivity contribution in [3.05, 3.63) is 23.5 Å². The molecule has 0 fully saturated rings. The van der Waals surface area contributed by atoms with Gasteiger partial charge in [-0.1, -0.05) is 0 Å². The molecule has 0 aliphatic carbocycles. The number of aromatic nitrogens is 2. The van der Waals surface area contributed by atoms with Crippen molar-refractivity contribution in [3.63, 3.8) is 0 Å². The number of rotatable bonds is 0. The standard InChI is InChI=1S/C4H2ClN2.U/c5-4-2-1-3-6-7-4;/h2-3H;/q-1;. The molecule has 0 saturated heterocycles. The van der Waals surface area contributed by atoms with Crippen LogP contribution in [0.15, 0.2) is 12.3 Å². The average molecular weight is 352 g/mol. The number of halogens is 1. The summed E-state index contributed by atoms with van der Waals surface area (Å²) in [4.78, 5) is 0. The van der Waals surface area contributed by atoms with Gasteiger partial charge in [0, 0.05) is 31.1 Å². The van der Waals surface area contributed by atoms with E-state index in [-0.39, 0.29) is 31.1 Å². The first kappa shape index (κ1) is 8.42. The molecule has 0 unspecified atom stereocenters. The van der Waals surface area contributed by atoms with Crippen molar-refractivity contribution in [1.29, 1.82) is 0 Å². The summed E-state index contributed by atoms with van der Waals surface area (Å²) in [6, 6.07) is 4.21. The minimum atomic E-state index is 0. The summed E-state index contributed by atoms with van der Waals surface area (Å²) in [5, 5.41) is 7.29. The van der Waals surface area contributed by atoms with Crippen LogP contribution in [0.2, 0.25) is 5.15 Å². The van der Waals surface area contributed by atoms with Crippen LogP contribution in [0, 0.1) is 37.2 Å². The van der Waals surface area contributed by atoms with Crippen LogP contribution in [-0.4, -0.2) is 10.2 Å². The second kappa shape index (κ2) is 4.32. The largest absolute Gasteiger partial charge is 0.239 e. The monoisotopic (exact) mass is 351 g/mol. The summed E-state index contributed by atoms with van der Waals surface area (Å²) in [5.74, 6) is 0. The first-order valence-corrected chi connectivity index (χ1v) is 2.11. The van der Waals surface area contributed by atoms with Crippen LogP contribution in [0.5, 0.6) is 0 Å². The molecule has 0 radical (unpaired) electrons. The van der Waals surface area contributed by atoms with E-state index in [9.17, 15) is 0 Å². The van der Waals surface area contributed by atoms with Crippen LogP contribution in [0.1, 0.15) is 0 Å². The van der Waals surface area contributed by atoms with Crippen molar-refractivity contribution >= 4 is 11.6 Å². The van der Waals surface area contributed by atoms with Gasteiger partial charge in [0.1, 0.15) is 0 Å². The maximum atomic E-state index is 5.33. The van der Waals surface area contributed by atoms with Crippen molar-refractivity contribution in [2.75, 3.05) is 0 Å². The van der Waals surface area contributed by atoms with Gasteiger partial charge in [-0.3, -0.25) is 0 Å². The number of hydrogen-bond donors (Lipinski definition) is 0. The molecule has 0 amide bonds. The molecule has 0 N–H and O–H groups in total. The van der Waals surface area contributed by atoms with Crippen LogP contribution in [0.25, 0.3) is 0 Å². The van der Waals surface area contributed by atoms with Gasteiger partial charge in [0.2, 0.25) is 0 Å². The zero-order valence-electron chi connectivity index (χ0n) is 3.93. The fourth-order valence-corrected chi connectivity index (χ4v) is 0.359. The van der Waals surface area contributed by atoms with Gasteiger partial charge < -0.3 is 0 Å². The Hall–Kier alpha value is 0.422. The van der Waals surface area contributed by atoms with E-state index in [0.29, 0.717) is 5.15 Å². The summed E-state index contributed by atoms with van der Waals surface area (Å²) in [6.07, 6.45) is 1.45. The van der Waals surface area contributed by atoms with Crippen molar-refractivity contribution < 1.29 is 31.1 Å². The maximum Gasteiger partial charge on any atom is 0 e. The summed E-state index contributed by atoms with van der Waals surface area (Å²) in [5.41, 5.74) is 0. The molecule has 0 spiro atoms. The quantitative estimate of drug-likeness (QED) is 0.650. The van der Waals surface area contributed by atoms with Crippen LogP contribution in [0.4, 0.5) is 0 Å². The summed E-state index contributed by atoms with van der Waals surface area (Å²) in [7, 11) is 0. The molecule has 4 heteroatoms. The van der Waals surface area contributed by atoms with E-state index in [1.54, 1.807) is 6.07 Å². The molecular weight excluding hydrogens is 350 g/mol. The predicted octanol–water partition coefficient (Wildman–Crippen LogP) is 0.930. The molecule has 0 aromatic carbocycles. The van der Waals surface area contributed by atoms with Gasteiger partial charge in [0.15, 0.2) is 0 Å². The van der Waals surface area contributed by atoms with Crippen LogP contribution in [0.3, 0.4) is 0 Å². The molecule has 1 heterocycles. The van der Waals surface area contributed by atoms with Gasteiger partial charge >= 0.3 is 0 Å². The Bertz CT molecular complexity index is 144. The van der Waals surface area contributed by atoms with Gasteiger partial charge in [-0.05, 0) is 11.3 Å². The van der Waals surface area contributed by atoms with Crippen molar-refractivity contribution in [2.45, 2.75) is 0 Å². The topological polar surface area (TPSA) is 25.8 Å². The van der Waals surface area contributed by atoms with Gasteiger partial charge in [0.25, 0.3) is 0 Å². The molecule has 0 aliphatic heterocycles. The van der Waals surface area contributed by atoms with E-state index in [1.165, 1.54) is 6.20 Å². The fraction of sp³-hybridized carbons (Fsp3) is 0. The Morgan fingerprint density at radius 3 is 2.62 bits per heavy atom. The zero-order valence-corrected chi connectivity index (χ0v) is 8.85. The first-order chi connectivity index (χ1) is 3.39.